The Morgan fingerprint density at radius 2 is 1.80 bits per heavy atom. The Morgan fingerprint density at radius 3 is 2.27 bits per heavy atom. The molecule has 1 heteroatoms. The number of ether oxygens (including phenoxy) is 1. The van der Waals surface area contributed by atoms with E-state index < -0.39 is 0 Å². The second-order valence-electron chi connectivity index (χ2n) is 4.55. The summed E-state index contributed by atoms with van der Waals surface area (Å²) in [5.41, 5.74) is 2.71. The summed E-state index contributed by atoms with van der Waals surface area (Å²) in [4.78, 5) is 0. The Bertz CT molecular complexity index is 313. The first-order chi connectivity index (χ1) is 7.04. The molecule has 0 radical (unpaired) electrons. The maximum absolute atomic E-state index is 5.81. The van der Waals surface area contributed by atoms with Crippen LogP contribution < -0.4 is 4.74 Å². The lowest BCUT2D eigenvalue weighted by molar-refractivity contribution is 0.239. The molecular formula is C14H22O. The average molecular weight is 206 g/mol. The lowest BCUT2D eigenvalue weighted by Crippen LogP contribution is -2.08. The highest BCUT2D eigenvalue weighted by Gasteiger charge is 2.09. The lowest BCUT2D eigenvalue weighted by Gasteiger charge is -2.17. The molecule has 1 aromatic carbocycles. The standard InChI is InChI=1S/C14H22O/c1-6-12-7-8-14(15-11(4)5)13(9-12)10(2)3/h7-11H,6H2,1-5H3. The molecule has 0 saturated heterocycles. The van der Waals surface area contributed by atoms with Crippen molar-refractivity contribution in [3.8, 4) is 5.75 Å². The predicted molar refractivity (Wildman–Crippen MR) is 65.7 cm³/mol. The molecular weight excluding hydrogens is 184 g/mol. The van der Waals surface area contributed by atoms with Crippen molar-refractivity contribution >= 4 is 0 Å². The highest BCUT2D eigenvalue weighted by molar-refractivity contribution is 5.39. The molecule has 1 nitrogen and oxygen atoms in total. The molecule has 15 heavy (non-hydrogen) atoms. The van der Waals surface area contributed by atoms with E-state index in [0.29, 0.717) is 5.92 Å². The zero-order valence-corrected chi connectivity index (χ0v) is 10.5. The van der Waals surface area contributed by atoms with E-state index >= 15 is 0 Å². The van der Waals surface area contributed by atoms with Gasteiger partial charge in [0.2, 0.25) is 0 Å². The van der Waals surface area contributed by atoms with E-state index in [1.807, 2.05) is 0 Å². The van der Waals surface area contributed by atoms with Gasteiger partial charge in [-0.25, -0.2) is 0 Å². The van der Waals surface area contributed by atoms with E-state index in [2.05, 4.69) is 52.8 Å². The van der Waals surface area contributed by atoms with Gasteiger partial charge in [-0.05, 0) is 43.4 Å². The molecule has 0 aliphatic carbocycles. The molecule has 0 amide bonds. The average Bonchev–Trinajstić information content (AvgIpc) is 2.17. The molecule has 84 valence electrons. The topological polar surface area (TPSA) is 9.23 Å². The van der Waals surface area contributed by atoms with Crippen LogP contribution in [0.25, 0.3) is 0 Å². The zero-order valence-electron chi connectivity index (χ0n) is 10.5. The normalized spacial score (nSPS) is 11.1. The fourth-order valence-corrected chi connectivity index (χ4v) is 1.63. The fourth-order valence-electron chi connectivity index (χ4n) is 1.63. The van der Waals surface area contributed by atoms with Crippen molar-refractivity contribution in [1.29, 1.82) is 0 Å². The molecule has 1 aromatic rings. The molecule has 0 atom stereocenters. The van der Waals surface area contributed by atoms with Crippen molar-refractivity contribution < 1.29 is 4.74 Å². The van der Waals surface area contributed by atoms with Crippen LogP contribution in [0.5, 0.6) is 5.75 Å². The highest BCUT2D eigenvalue weighted by atomic mass is 16.5. The smallest absolute Gasteiger partial charge is 0.123 e. The second kappa shape index (κ2) is 5.20. The lowest BCUT2D eigenvalue weighted by atomic mass is 9.98. The summed E-state index contributed by atoms with van der Waals surface area (Å²) in [5.74, 6) is 1.56. The van der Waals surface area contributed by atoms with Crippen LogP contribution in [-0.4, -0.2) is 6.10 Å². The summed E-state index contributed by atoms with van der Waals surface area (Å²) in [6.45, 7) is 10.7. The number of hydrogen-bond acceptors (Lipinski definition) is 1. The SMILES string of the molecule is CCc1ccc(OC(C)C)c(C(C)C)c1. The van der Waals surface area contributed by atoms with Crippen molar-refractivity contribution in [1.82, 2.24) is 0 Å². The van der Waals surface area contributed by atoms with Gasteiger partial charge in [0.1, 0.15) is 5.75 Å². The molecule has 0 aliphatic heterocycles. The molecule has 0 aromatic heterocycles. The molecule has 0 bridgehead atoms. The largest absolute Gasteiger partial charge is 0.491 e. The van der Waals surface area contributed by atoms with E-state index in [9.17, 15) is 0 Å². The number of hydrogen-bond donors (Lipinski definition) is 0. The van der Waals surface area contributed by atoms with Crippen LogP contribution in [0.2, 0.25) is 0 Å². The summed E-state index contributed by atoms with van der Waals surface area (Å²) in [6.07, 6.45) is 1.33. The Morgan fingerprint density at radius 1 is 1.13 bits per heavy atom. The molecule has 0 fully saturated rings. The fraction of sp³-hybridized carbons (Fsp3) is 0.571. The minimum atomic E-state index is 0.245. The quantitative estimate of drug-likeness (QED) is 0.718. The van der Waals surface area contributed by atoms with Gasteiger partial charge >= 0.3 is 0 Å². The zero-order chi connectivity index (χ0) is 11.4. The van der Waals surface area contributed by atoms with Gasteiger partial charge in [0, 0.05) is 0 Å². The Kier molecular flexibility index (Phi) is 4.19. The van der Waals surface area contributed by atoms with Crippen molar-refractivity contribution in [2.24, 2.45) is 0 Å². The summed E-state index contributed by atoms with van der Waals surface area (Å²) in [7, 11) is 0. The highest BCUT2D eigenvalue weighted by Crippen LogP contribution is 2.28. The van der Waals surface area contributed by atoms with Crippen molar-refractivity contribution in [2.45, 2.75) is 53.1 Å². The van der Waals surface area contributed by atoms with Crippen molar-refractivity contribution in [3.63, 3.8) is 0 Å². The van der Waals surface area contributed by atoms with Gasteiger partial charge in [-0.15, -0.1) is 0 Å². The van der Waals surface area contributed by atoms with Crippen LogP contribution in [0.15, 0.2) is 18.2 Å². The molecule has 0 N–H and O–H groups in total. The predicted octanol–water partition coefficient (Wildman–Crippen LogP) is 4.16. The van der Waals surface area contributed by atoms with Gasteiger partial charge in [0.25, 0.3) is 0 Å². The molecule has 0 aliphatic rings. The molecule has 0 spiro atoms. The summed E-state index contributed by atoms with van der Waals surface area (Å²) in [5, 5.41) is 0. The minimum Gasteiger partial charge on any atom is -0.491 e. The van der Waals surface area contributed by atoms with Crippen LogP contribution in [0.4, 0.5) is 0 Å². The van der Waals surface area contributed by atoms with Crippen LogP contribution in [0.3, 0.4) is 0 Å². The van der Waals surface area contributed by atoms with Gasteiger partial charge in [-0.2, -0.15) is 0 Å². The molecule has 0 heterocycles. The molecule has 0 saturated carbocycles. The van der Waals surface area contributed by atoms with Gasteiger partial charge in [-0.1, -0.05) is 32.9 Å². The van der Waals surface area contributed by atoms with E-state index in [1.54, 1.807) is 0 Å². The Hall–Kier alpha value is -0.980. The summed E-state index contributed by atoms with van der Waals surface area (Å²) < 4.78 is 5.81. The Labute approximate surface area is 93.5 Å². The van der Waals surface area contributed by atoms with E-state index in [-0.39, 0.29) is 6.10 Å². The minimum absolute atomic E-state index is 0.245. The van der Waals surface area contributed by atoms with E-state index in [1.165, 1.54) is 11.1 Å². The third kappa shape index (κ3) is 3.26. The molecule has 1 rings (SSSR count). The number of rotatable bonds is 4. The van der Waals surface area contributed by atoms with Crippen molar-refractivity contribution in [3.05, 3.63) is 29.3 Å². The van der Waals surface area contributed by atoms with Crippen LogP contribution in [0, 0.1) is 0 Å². The summed E-state index contributed by atoms with van der Waals surface area (Å²) >= 11 is 0. The summed E-state index contributed by atoms with van der Waals surface area (Å²) in [6, 6.07) is 6.53. The van der Waals surface area contributed by atoms with E-state index in [0.717, 1.165) is 12.2 Å². The first-order valence-corrected chi connectivity index (χ1v) is 5.84. The number of benzene rings is 1. The van der Waals surface area contributed by atoms with Crippen molar-refractivity contribution in [2.75, 3.05) is 0 Å². The monoisotopic (exact) mass is 206 g/mol. The van der Waals surface area contributed by atoms with E-state index in [4.69, 9.17) is 4.74 Å². The second-order valence-corrected chi connectivity index (χ2v) is 4.55. The third-order valence-electron chi connectivity index (χ3n) is 2.47. The van der Waals surface area contributed by atoms with Crippen LogP contribution in [-0.2, 0) is 6.42 Å². The van der Waals surface area contributed by atoms with Gasteiger partial charge in [0.15, 0.2) is 0 Å². The van der Waals surface area contributed by atoms with Crippen LogP contribution in [0.1, 0.15) is 51.7 Å². The maximum Gasteiger partial charge on any atom is 0.123 e. The van der Waals surface area contributed by atoms with Gasteiger partial charge < -0.3 is 4.74 Å². The van der Waals surface area contributed by atoms with Gasteiger partial charge in [0.05, 0.1) is 6.10 Å². The first kappa shape index (κ1) is 12.1. The van der Waals surface area contributed by atoms with Gasteiger partial charge in [-0.3, -0.25) is 0 Å². The third-order valence-corrected chi connectivity index (χ3v) is 2.47. The Balaban J connectivity index is 3.03. The van der Waals surface area contributed by atoms with Crippen LogP contribution >= 0.6 is 0 Å². The molecule has 0 unspecified atom stereocenters. The first-order valence-electron chi connectivity index (χ1n) is 5.84. The number of aryl methyl sites for hydroxylation is 1. The maximum atomic E-state index is 5.81.